The molecule has 0 bridgehead atoms. The van der Waals surface area contributed by atoms with Crippen molar-refractivity contribution in [3.63, 3.8) is 0 Å². The number of carbonyl (C=O) groups is 1. The smallest absolute Gasteiger partial charge is 0.326 e. The second-order valence-corrected chi connectivity index (χ2v) is 8.86. The molecule has 0 aromatic heterocycles. The highest BCUT2D eigenvalue weighted by atomic mass is 32.2. The molecular weight excluding hydrogens is 443 g/mol. The van der Waals surface area contributed by atoms with Crippen LogP contribution in [-0.4, -0.2) is 16.1 Å². The number of urea groups is 1. The van der Waals surface area contributed by atoms with Crippen LogP contribution in [0.5, 0.6) is 0 Å². The van der Waals surface area contributed by atoms with Crippen molar-refractivity contribution in [1.82, 2.24) is 5.32 Å². The summed E-state index contributed by atoms with van der Waals surface area (Å²) in [5.74, 6) is 3.42. The molecule has 0 saturated heterocycles. The Morgan fingerprint density at radius 1 is 1.19 bits per heavy atom. The molecule has 2 atom stereocenters. The maximum Gasteiger partial charge on any atom is 0.416 e. The summed E-state index contributed by atoms with van der Waals surface area (Å²) in [6.45, 7) is 1.41. The lowest BCUT2D eigenvalue weighted by molar-refractivity contribution is -0.137. The normalized spacial score (nSPS) is 18.4. The van der Waals surface area contributed by atoms with Crippen LogP contribution >= 0.6 is 0 Å². The number of hydrogen-bond donors (Lipinski definition) is 2. The molecule has 1 aliphatic rings. The number of alkyl halides is 3. The summed E-state index contributed by atoms with van der Waals surface area (Å²) in [7, 11) is -3.34. The first-order valence-corrected chi connectivity index (χ1v) is 10.8. The SMILES string of the molecule is C=S(N)(=O)c1cc(C#N)ccc1C1NC(=O)N(c2cccc(C(F)(F)F)c2)C(C)=C1C#N. The van der Waals surface area contributed by atoms with Crippen molar-refractivity contribution in [2.45, 2.75) is 24.0 Å². The third-order valence-corrected chi connectivity index (χ3v) is 5.96. The molecule has 3 rings (SSSR count). The highest BCUT2D eigenvalue weighted by Gasteiger charge is 2.36. The molecule has 0 spiro atoms. The fourth-order valence-corrected chi connectivity index (χ4v) is 4.31. The van der Waals surface area contributed by atoms with E-state index in [2.05, 4.69) is 11.2 Å². The standard InChI is InChI=1S/C21H16F3N5O2S/c1-12-17(11-26)19(16-7-6-13(10-25)8-18(16)32(2,27)31)28-20(30)29(12)15-5-3-4-14(9-15)21(22,23)24/h3-9,19H,2H2,1H3,(H2,27,31)(H,28,30). The number of halogens is 3. The lowest BCUT2D eigenvalue weighted by Crippen LogP contribution is -2.47. The van der Waals surface area contributed by atoms with Gasteiger partial charge in [0.05, 0.1) is 55.2 Å². The molecule has 2 aromatic rings. The van der Waals surface area contributed by atoms with Gasteiger partial charge in [-0.05, 0) is 48.7 Å². The van der Waals surface area contributed by atoms with Crippen LogP contribution in [0.4, 0.5) is 23.7 Å². The zero-order chi connectivity index (χ0) is 23.8. The van der Waals surface area contributed by atoms with Gasteiger partial charge in [0.15, 0.2) is 0 Å². The first-order valence-electron chi connectivity index (χ1n) is 8.96. The van der Waals surface area contributed by atoms with E-state index in [0.717, 1.165) is 23.1 Å². The Kier molecular flexibility index (Phi) is 5.75. The van der Waals surface area contributed by atoms with E-state index in [4.69, 9.17) is 10.4 Å². The highest BCUT2D eigenvalue weighted by Crippen LogP contribution is 2.37. The summed E-state index contributed by atoms with van der Waals surface area (Å²) >= 11 is 0. The van der Waals surface area contributed by atoms with Gasteiger partial charge in [-0.2, -0.15) is 23.7 Å². The van der Waals surface area contributed by atoms with Gasteiger partial charge >= 0.3 is 12.2 Å². The van der Waals surface area contributed by atoms with E-state index in [1.807, 2.05) is 12.1 Å². The number of rotatable bonds is 3. The van der Waals surface area contributed by atoms with Crippen LogP contribution in [0.2, 0.25) is 0 Å². The van der Waals surface area contributed by atoms with Crippen LogP contribution in [0.25, 0.3) is 0 Å². The number of allylic oxidation sites excluding steroid dienone is 1. The monoisotopic (exact) mass is 459 g/mol. The zero-order valence-electron chi connectivity index (χ0n) is 16.6. The Morgan fingerprint density at radius 3 is 2.44 bits per heavy atom. The van der Waals surface area contributed by atoms with Crippen molar-refractivity contribution in [3.05, 3.63) is 70.4 Å². The van der Waals surface area contributed by atoms with Crippen LogP contribution in [0.15, 0.2) is 58.6 Å². The van der Waals surface area contributed by atoms with E-state index < -0.39 is 33.5 Å². The summed E-state index contributed by atoms with van der Waals surface area (Å²) in [5, 5.41) is 27.2. The number of nitriles is 2. The lowest BCUT2D eigenvalue weighted by atomic mass is 9.94. The molecule has 1 aliphatic heterocycles. The summed E-state index contributed by atoms with van der Waals surface area (Å²) in [6.07, 6.45) is -4.62. The molecule has 0 saturated carbocycles. The molecule has 0 radical (unpaired) electrons. The molecule has 164 valence electrons. The van der Waals surface area contributed by atoms with E-state index in [0.29, 0.717) is 0 Å². The van der Waals surface area contributed by atoms with Crippen molar-refractivity contribution in [2.24, 2.45) is 5.14 Å². The molecule has 1 heterocycles. The lowest BCUT2D eigenvalue weighted by Gasteiger charge is -2.35. The first kappa shape index (κ1) is 22.9. The second kappa shape index (κ2) is 8.04. The highest BCUT2D eigenvalue weighted by molar-refractivity contribution is 7.98. The van der Waals surface area contributed by atoms with Gasteiger partial charge in [0.1, 0.15) is 0 Å². The number of amides is 2. The third kappa shape index (κ3) is 4.17. The fourth-order valence-electron chi connectivity index (χ4n) is 3.39. The first-order chi connectivity index (χ1) is 14.9. The van der Waals surface area contributed by atoms with Gasteiger partial charge in [0, 0.05) is 5.70 Å². The number of nitrogens with zero attached hydrogens (tertiary/aromatic N) is 3. The second-order valence-electron chi connectivity index (χ2n) is 6.97. The maximum absolute atomic E-state index is 13.1. The zero-order valence-corrected chi connectivity index (χ0v) is 17.4. The van der Waals surface area contributed by atoms with Gasteiger partial charge in [0.2, 0.25) is 0 Å². The molecular formula is C21H16F3N5O2S. The molecule has 7 nitrogen and oxygen atoms in total. The minimum atomic E-state index is -4.62. The molecule has 3 N–H and O–H groups in total. The van der Waals surface area contributed by atoms with Crippen molar-refractivity contribution < 1.29 is 22.2 Å². The van der Waals surface area contributed by atoms with Crippen LogP contribution in [-0.2, 0) is 15.9 Å². The molecule has 2 aromatic carbocycles. The Morgan fingerprint density at radius 2 is 1.88 bits per heavy atom. The molecule has 2 amide bonds. The molecule has 11 heteroatoms. The summed E-state index contributed by atoms with van der Waals surface area (Å²) in [6, 6.07) is 10.2. The van der Waals surface area contributed by atoms with Crippen molar-refractivity contribution >= 4 is 27.3 Å². The Labute approximate surface area is 182 Å². The number of anilines is 1. The summed E-state index contributed by atoms with van der Waals surface area (Å²) in [5.41, 5.74) is -0.608. The van der Waals surface area contributed by atoms with Crippen molar-refractivity contribution in [2.75, 3.05) is 4.90 Å². The maximum atomic E-state index is 13.1. The van der Waals surface area contributed by atoms with E-state index >= 15 is 0 Å². The number of benzene rings is 2. The van der Waals surface area contributed by atoms with Gasteiger partial charge < -0.3 is 5.32 Å². The van der Waals surface area contributed by atoms with Gasteiger partial charge in [-0.3, -0.25) is 10.0 Å². The van der Waals surface area contributed by atoms with Crippen LogP contribution < -0.4 is 15.4 Å². The van der Waals surface area contributed by atoms with Gasteiger partial charge in [-0.1, -0.05) is 12.1 Å². The van der Waals surface area contributed by atoms with Gasteiger partial charge in [-0.25, -0.2) is 9.00 Å². The van der Waals surface area contributed by atoms with E-state index in [1.54, 1.807) is 0 Å². The quantitative estimate of drug-likeness (QED) is 0.681. The number of hydrogen-bond acceptors (Lipinski definition) is 4. The van der Waals surface area contributed by atoms with E-state index in [-0.39, 0.29) is 33.0 Å². The minimum absolute atomic E-state index is 0.00313. The van der Waals surface area contributed by atoms with Gasteiger partial charge in [-0.15, -0.1) is 0 Å². The summed E-state index contributed by atoms with van der Waals surface area (Å²) in [4.78, 5) is 13.9. The minimum Gasteiger partial charge on any atom is -0.326 e. The summed E-state index contributed by atoms with van der Waals surface area (Å²) < 4.78 is 51.9. The molecule has 0 aliphatic carbocycles. The number of nitrogens with one attached hydrogen (secondary N) is 1. The van der Waals surface area contributed by atoms with E-state index in [1.165, 1.54) is 31.2 Å². The third-order valence-electron chi connectivity index (χ3n) is 4.86. The van der Waals surface area contributed by atoms with Crippen LogP contribution in [0.3, 0.4) is 0 Å². The average molecular weight is 459 g/mol. The Hall–Kier alpha value is -3.80. The molecule has 0 fully saturated rings. The number of carbonyl (C=O) groups excluding carboxylic acids is 1. The van der Waals surface area contributed by atoms with Gasteiger partial charge in [0.25, 0.3) is 0 Å². The molecule has 32 heavy (non-hydrogen) atoms. The predicted molar refractivity (Wildman–Crippen MR) is 112 cm³/mol. The Bertz CT molecular complexity index is 1330. The Balaban J connectivity index is 2.19. The van der Waals surface area contributed by atoms with Crippen LogP contribution in [0.1, 0.15) is 29.7 Å². The average Bonchev–Trinajstić information content (AvgIpc) is 2.72. The molecule has 2 unspecified atom stereocenters. The van der Waals surface area contributed by atoms with Crippen molar-refractivity contribution in [3.8, 4) is 12.1 Å². The topological polar surface area (TPSA) is 123 Å². The predicted octanol–water partition coefficient (Wildman–Crippen LogP) is 3.59. The van der Waals surface area contributed by atoms with Crippen LogP contribution in [0, 0.1) is 22.7 Å². The van der Waals surface area contributed by atoms with Crippen molar-refractivity contribution in [1.29, 1.82) is 10.5 Å². The largest absolute Gasteiger partial charge is 0.416 e. The number of nitrogens with two attached hydrogens (primary N) is 1. The fraction of sp³-hybridized carbons (Fsp3) is 0.143. The van der Waals surface area contributed by atoms with E-state index in [9.17, 15) is 27.4 Å².